The Hall–Kier alpha value is -0.860. The highest BCUT2D eigenvalue weighted by molar-refractivity contribution is 14.0. The summed E-state index contributed by atoms with van der Waals surface area (Å²) in [5.74, 6) is 2.04. The van der Waals surface area contributed by atoms with Gasteiger partial charge in [-0.25, -0.2) is 4.99 Å². The van der Waals surface area contributed by atoms with Gasteiger partial charge in [-0.3, -0.25) is 0 Å². The van der Waals surface area contributed by atoms with E-state index in [0.29, 0.717) is 18.3 Å². The number of hydrogen-bond acceptors (Lipinski definition) is 4. The zero-order chi connectivity index (χ0) is 11.4. The van der Waals surface area contributed by atoms with Crippen molar-refractivity contribution in [2.45, 2.75) is 13.5 Å². The van der Waals surface area contributed by atoms with Crippen molar-refractivity contribution in [1.82, 2.24) is 19.9 Å². The molecule has 0 amide bonds. The lowest BCUT2D eigenvalue weighted by atomic mass is 10.6. The standard InChI is InChI=1S/C9H17N5O.HI/c1-7-11-8(15-12-7)6-10-9(13(2)3)14(4)5;/h6H2,1-5H3;1H. The molecular weight excluding hydrogens is 321 g/mol. The minimum absolute atomic E-state index is 0. The average Bonchev–Trinajstić information content (AvgIpc) is 2.50. The van der Waals surface area contributed by atoms with Crippen molar-refractivity contribution in [3.8, 4) is 0 Å². The molecule has 1 rings (SSSR count). The van der Waals surface area contributed by atoms with Gasteiger partial charge in [-0.05, 0) is 6.92 Å². The second-order valence-electron chi connectivity index (χ2n) is 3.64. The summed E-state index contributed by atoms with van der Waals surface area (Å²) in [6.07, 6.45) is 0. The molecule has 0 N–H and O–H groups in total. The lowest BCUT2D eigenvalue weighted by Gasteiger charge is -2.22. The van der Waals surface area contributed by atoms with E-state index in [1.54, 1.807) is 6.92 Å². The van der Waals surface area contributed by atoms with Gasteiger partial charge in [0.2, 0.25) is 5.89 Å². The lowest BCUT2D eigenvalue weighted by Crippen LogP contribution is -2.35. The smallest absolute Gasteiger partial charge is 0.248 e. The normalized spacial score (nSPS) is 9.31. The Labute approximate surface area is 113 Å². The van der Waals surface area contributed by atoms with E-state index in [9.17, 15) is 0 Å². The van der Waals surface area contributed by atoms with Crippen LogP contribution < -0.4 is 0 Å². The molecule has 0 aliphatic heterocycles. The van der Waals surface area contributed by atoms with Crippen molar-refractivity contribution < 1.29 is 4.52 Å². The molecule has 0 saturated heterocycles. The fraction of sp³-hybridized carbons (Fsp3) is 0.667. The number of aryl methyl sites for hydroxylation is 1. The van der Waals surface area contributed by atoms with Gasteiger partial charge in [-0.15, -0.1) is 24.0 Å². The van der Waals surface area contributed by atoms with Crippen molar-refractivity contribution in [1.29, 1.82) is 0 Å². The van der Waals surface area contributed by atoms with E-state index in [1.165, 1.54) is 0 Å². The molecule has 0 fully saturated rings. The first kappa shape index (κ1) is 15.1. The van der Waals surface area contributed by atoms with Gasteiger partial charge in [0, 0.05) is 28.2 Å². The molecule has 1 heterocycles. The van der Waals surface area contributed by atoms with Gasteiger partial charge in [0.1, 0.15) is 6.54 Å². The van der Waals surface area contributed by atoms with Gasteiger partial charge in [0.25, 0.3) is 0 Å². The summed E-state index contributed by atoms with van der Waals surface area (Å²) in [5, 5.41) is 3.70. The van der Waals surface area contributed by atoms with Gasteiger partial charge >= 0.3 is 0 Å². The van der Waals surface area contributed by atoms with E-state index >= 15 is 0 Å². The van der Waals surface area contributed by atoms with Crippen LogP contribution in [-0.4, -0.2) is 54.1 Å². The molecule has 92 valence electrons. The van der Waals surface area contributed by atoms with Crippen LogP contribution in [0, 0.1) is 6.92 Å². The van der Waals surface area contributed by atoms with E-state index < -0.39 is 0 Å². The summed E-state index contributed by atoms with van der Waals surface area (Å²) < 4.78 is 4.97. The molecule has 1 aromatic heterocycles. The highest BCUT2D eigenvalue weighted by Crippen LogP contribution is 1.99. The Morgan fingerprint density at radius 3 is 2.19 bits per heavy atom. The first-order valence-electron chi connectivity index (χ1n) is 4.69. The quantitative estimate of drug-likeness (QED) is 0.457. The number of guanidine groups is 1. The van der Waals surface area contributed by atoms with Gasteiger partial charge in [0.15, 0.2) is 11.8 Å². The van der Waals surface area contributed by atoms with E-state index in [-0.39, 0.29) is 24.0 Å². The SMILES string of the molecule is Cc1noc(CN=C(N(C)C)N(C)C)n1.I. The molecule has 6 nitrogen and oxygen atoms in total. The van der Waals surface area contributed by atoms with Crippen LogP contribution >= 0.6 is 24.0 Å². The van der Waals surface area contributed by atoms with Crippen LogP contribution in [-0.2, 0) is 6.54 Å². The van der Waals surface area contributed by atoms with Crippen molar-refractivity contribution in [2.24, 2.45) is 4.99 Å². The molecule has 0 saturated carbocycles. The van der Waals surface area contributed by atoms with E-state index in [2.05, 4.69) is 15.1 Å². The van der Waals surface area contributed by atoms with Crippen LogP contribution in [0.4, 0.5) is 0 Å². The van der Waals surface area contributed by atoms with Crippen LogP contribution in [0.1, 0.15) is 11.7 Å². The Morgan fingerprint density at radius 2 is 1.81 bits per heavy atom. The second-order valence-corrected chi connectivity index (χ2v) is 3.64. The maximum absolute atomic E-state index is 4.97. The zero-order valence-electron chi connectivity index (χ0n) is 10.3. The molecule has 7 heteroatoms. The third kappa shape index (κ3) is 4.33. The third-order valence-electron chi connectivity index (χ3n) is 1.73. The number of rotatable bonds is 2. The Kier molecular flexibility index (Phi) is 6.31. The highest BCUT2D eigenvalue weighted by atomic mass is 127. The minimum Gasteiger partial charge on any atom is -0.349 e. The van der Waals surface area contributed by atoms with Crippen molar-refractivity contribution in [3.63, 3.8) is 0 Å². The molecule has 0 aliphatic rings. The number of halogens is 1. The van der Waals surface area contributed by atoms with E-state index in [1.807, 2.05) is 38.0 Å². The molecule has 0 radical (unpaired) electrons. The Bertz CT molecular complexity index is 337. The molecule has 0 aromatic carbocycles. The van der Waals surface area contributed by atoms with Gasteiger partial charge in [-0.1, -0.05) is 5.16 Å². The van der Waals surface area contributed by atoms with Gasteiger partial charge in [-0.2, -0.15) is 4.98 Å². The molecule has 0 bridgehead atoms. The molecule has 0 spiro atoms. The first-order chi connectivity index (χ1) is 7.00. The van der Waals surface area contributed by atoms with Crippen LogP contribution in [0.3, 0.4) is 0 Å². The van der Waals surface area contributed by atoms with Crippen molar-refractivity contribution in [2.75, 3.05) is 28.2 Å². The summed E-state index contributed by atoms with van der Waals surface area (Å²) in [5.41, 5.74) is 0. The monoisotopic (exact) mass is 339 g/mol. The molecule has 0 unspecified atom stereocenters. The summed E-state index contributed by atoms with van der Waals surface area (Å²) in [7, 11) is 7.77. The van der Waals surface area contributed by atoms with Crippen LogP contribution in [0.2, 0.25) is 0 Å². The van der Waals surface area contributed by atoms with E-state index in [0.717, 1.165) is 5.96 Å². The van der Waals surface area contributed by atoms with Crippen molar-refractivity contribution >= 4 is 29.9 Å². The maximum Gasteiger partial charge on any atom is 0.248 e. The van der Waals surface area contributed by atoms with Crippen LogP contribution in [0.15, 0.2) is 9.52 Å². The molecule has 16 heavy (non-hydrogen) atoms. The topological polar surface area (TPSA) is 57.8 Å². The summed E-state index contributed by atoms with van der Waals surface area (Å²) >= 11 is 0. The largest absolute Gasteiger partial charge is 0.349 e. The fourth-order valence-corrected chi connectivity index (χ4v) is 1.23. The molecule has 0 aliphatic carbocycles. The lowest BCUT2D eigenvalue weighted by molar-refractivity contribution is 0.374. The van der Waals surface area contributed by atoms with E-state index in [4.69, 9.17) is 4.52 Å². The van der Waals surface area contributed by atoms with Gasteiger partial charge in [0.05, 0.1) is 0 Å². The molecule has 0 atom stereocenters. The zero-order valence-corrected chi connectivity index (χ0v) is 12.6. The summed E-state index contributed by atoms with van der Waals surface area (Å²) in [6, 6.07) is 0. The summed E-state index contributed by atoms with van der Waals surface area (Å²) in [6.45, 7) is 2.20. The summed E-state index contributed by atoms with van der Waals surface area (Å²) in [4.78, 5) is 12.3. The van der Waals surface area contributed by atoms with Crippen LogP contribution in [0.5, 0.6) is 0 Å². The third-order valence-corrected chi connectivity index (χ3v) is 1.73. The minimum atomic E-state index is 0. The Morgan fingerprint density at radius 1 is 1.25 bits per heavy atom. The number of nitrogens with zero attached hydrogens (tertiary/aromatic N) is 5. The second kappa shape index (κ2) is 6.66. The van der Waals surface area contributed by atoms with Crippen LogP contribution in [0.25, 0.3) is 0 Å². The number of aromatic nitrogens is 2. The predicted molar refractivity (Wildman–Crippen MR) is 73.0 cm³/mol. The van der Waals surface area contributed by atoms with Gasteiger partial charge < -0.3 is 14.3 Å². The highest BCUT2D eigenvalue weighted by Gasteiger charge is 2.06. The molecular formula is C9H18IN5O. The number of hydrogen-bond donors (Lipinski definition) is 0. The van der Waals surface area contributed by atoms with Crippen molar-refractivity contribution in [3.05, 3.63) is 11.7 Å². The fourth-order valence-electron chi connectivity index (χ4n) is 1.23. The Balaban J connectivity index is 0.00000225. The average molecular weight is 339 g/mol. The number of aliphatic imine (C=N–C) groups is 1. The first-order valence-corrected chi connectivity index (χ1v) is 4.69. The predicted octanol–water partition coefficient (Wildman–Crippen LogP) is 0.975. The molecule has 1 aromatic rings. The maximum atomic E-state index is 4.97.